The number of fused-ring (bicyclic) bond motifs is 1. The number of carbonyl (C=O) groups is 1. The van der Waals surface area contributed by atoms with Crippen molar-refractivity contribution in [3.63, 3.8) is 0 Å². The first-order valence-corrected chi connectivity index (χ1v) is 6.72. The number of anilines is 1. The maximum Gasteiger partial charge on any atom is 0.326 e. The van der Waals surface area contributed by atoms with Crippen molar-refractivity contribution in [3.8, 4) is 0 Å². The Balaban J connectivity index is 1.99. The number of carboxylic acids is 1. The molecule has 0 aliphatic carbocycles. The summed E-state index contributed by atoms with van der Waals surface area (Å²) in [6.45, 7) is 2.78. The van der Waals surface area contributed by atoms with Crippen molar-refractivity contribution in [2.24, 2.45) is 5.92 Å². The predicted octanol–water partition coefficient (Wildman–Crippen LogP) is 0.599. The molecule has 1 fully saturated rings. The van der Waals surface area contributed by atoms with E-state index in [4.69, 9.17) is 0 Å². The molecule has 0 amide bonds. The number of aliphatic carboxylic acids is 1. The number of aromatic nitrogens is 5. The highest BCUT2D eigenvalue weighted by atomic mass is 16.4. The molecule has 3 rings (SSSR count). The summed E-state index contributed by atoms with van der Waals surface area (Å²) in [4.78, 5) is 17.5. The largest absolute Gasteiger partial charge is 0.480 e. The van der Waals surface area contributed by atoms with E-state index in [0.29, 0.717) is 30.3 Å². The Hall–Kier alpha value is -2.25. The van der Waals surface area contributed by atoms with Crippen LogP contribution in [0.5, 0.6) is 0 Å². The van der Waals surface area contributed by atoms with Crippen molar-refractivity contribution in [2.75, 3.05) is 11.4 Å². The number of carboxylic acid groups (broad SMARTS) is 1. The molecule has 1 aliphatic heterocycles. The lowest BCUT2D eigenvalue weighted by atomic mass is 9.89. The molecule has 0 radical (unpaired) electrons. The smallest absolute Gasteiger partial charge is 0.326 e. The van der Waals surface area contributed by atoms with Crippen LogP contribution in [0.4, 0.5) is 5.82 Å². The normalized spacial score (nSPS) is 23.1. The summed E-state index contributed by atoms with van der Waals surface area (Å²) in [5, 5.41) is 20.8. The van der Waals surface area contributed by atoms with Gasteiger partial charge in [-0.1, -0.05) is 13.3 Å². The average molecular weight is 276 g/mol. The maximum atomic E-state index is 11.6. The van der Waals surface area contributed by atoms with E-state index in [9.17, 15) is 9.90 Å². The minimum absolute atomic E-state index is 0.452. The second kappa shape index (κ2) is 5.03. The molecule has 0 saturated carbocycles. The number of piperidine rings is 1. The lowest BCUT2D eigenvalue weighted by Gasteiger charge is -2.37. The van der Waals surface area contributed by atoms with Gasteiger partial charge in [0.15, 0.2) is 11.5 Å². The van der Waals surface area contributed by atoms with Gasteiger partial charge in [0.2, 0.25) is 0 Å². The van der Waals surface area contributed by atoms with Gasteiger partial charge in [-0.25, -0.2) is 4.79 Å². The number of hydrogen-bond donors (Lipinski definition) is 1. The molecule has 1 N–H and O–H groups in total. The molecule has 0 spiro atoms. The quantitative estimate of drug-likeness (QED) is 0.876. The summed E-state index contributed by atoms with van der Waals surface area (Å²) in [6.07, 6.45) is 5.79. The average Bonchev–Trinajstić information content (AvgIpc) is 2.95. The van der Waals surface area contributed by atoms with Crippen LogP contribution in [0.15, 0.2) is 12.4 Å². The van der Waals surface area contributed by atoms with Gasteiger partial charge in [-0.05, 0) is 29.2 Å². The Morgan fingerprint density at radius 2 is 2.35 bits per heavy atom. The molecule has 2 aromatic rings. The van der Waals surface area contributed by atoms with Gasteiger partial charge >= 0.3 is 5.97 Å². The first kappa shape index (κ1) is 12.8. The van der Waals surface area contributed by atoms with Crippen LogP contribution in [0.2, 0.25) is 0 Å². The van der Waals surface area contributed by atoms with E-state index in [1.54, 1.807) is 12.4 Å². The summed E-state index contributed by atoms with van der Waals surface area (Å²) in [7, 11) is 0. The summed E-state index contributed by atoms with van der Waals surface area (Å²) < 4.78 is 1.54. The highest BCUT2D eigenvalue weighted by molar-refractivity contribution is 5.78. The first-order valence-electron chi connectivity index (χ1n) is 6.72. The Labute approximate surface area is 115 Å². The van der Waals surface area contributed by atoms with Crippen molar-refractivity contribution in [1.29, 1.82) is 0 Å². The molecule has 20 heavy (non-hydrogen) atoms. The Morgan fingerprint density at radius 1 is 1.50 bits per heavy atom. The van der Waals surface area contributed by atoms with Crippen LogP contribution in [-0.2, 0) is 4.79 Å². The van der Waals surface area contributed by atoms with Crippen LogP contribution in [0.25, 0.3) is 5.65 Å². The summed E-state index contributed by atoms with van der Waals surface area (Å²) in [6, 6.07) is -0.551. The third kappa shape index (κ3) is 2.06. The summed E-state index contributed by atoms with van der Waals surface area (Å²) >= 11 is 0. The van der Waals surface area contributed by atoms with Crippen LogP contribution < -0.4 is 4.90 Å². The van der Waals surface area contributed by atoms with Crippen LogP contribution in [-0.4, -0.2) is 48.7 Å². The second-order valence-corrected chi connectivity index (χ2v) is 5.06. The van der Waals surface area contributed by atoms with Gasteiger partial charge in [-0.15, -0.1) is 5.10 Å². The molecule has 8 nitrogen and oxygen atoms in total. The van der Waals surface area contributed by atoms with E-state index in [0.717, 1.165) is 12.8 Å². The maximum absolute atomic E-state index is 11.6. The van der Waals surface area contributed by atoms with Gasteiger partial charge < -0.3 is 10.0 Å². The molecule has 1 aliphatic rings. The van der Waals surface area contributed by atoms with E-state index in [2.05, 4.69) is 27.4 Å². The first-order chi connectivity index (χ1) is 9.70. The molecule has 2 atom stereocenters. The van der Waals surface area contributed by atoms with Crippen molar-refractivity contribution < 1.29 is 9.90 Å². The molecular weight excluding hydrogens is 260 g/mol. The van der Waals surface area contributed by atoms with Crippen molar-refractivity contribution in [1.82, 2.24) is 25.0 Å². The van der Waals surface area contributed by atoms with Crippen LogP contribution in [0.1, 0.15) is 26.2 Å². The Kier molecular flexibility index (Phi) is 3.21. The van der Waals surface area contributed by atoms with Crippen molar-refractivity contribution >= 4 is 17.4 Å². The zero-order valence-corrected chi connectivity index (χ0v) is 11.2. The van der Waals surface area contributed by atoms with E-state index in [1.165, 1.54) is 4.52 Å². The summed E-state index contributed by atoms with van der Waals surface area (Å²) in [5.41, 5.74) is 0.518. The lowest BCUT2D eigenvalue weighted by Crippen LogP contribution is -2.48. The fourth-order valence-electron chi connectivity index (χ4n) is 2.78. The molecule has 2 aromatic heterocycles. The highest BCUT2D eigenvalue weighted by Crippen LogP contribution is 2.29. The topological polar surface area (TPSA) is 96.5 Å². The number of rotatable bonds is 3. The van der Waals surface area contributed by atoms with Crippen LogP contribution in [0, 0.1) is 5.92 Å². The molecule has 8 heteroatoms. The molecule has 106 valence electrons. The van der Waals surface area contributed by atoms with Gasteiger partial charge in [-0.2, -0.15) is 4.52 Å². The van der Waals surface area contributed by atoms with E-state index in [1.807, 2.05) is 4.90 Å². The second-order valence-electron chi connectivity index (χ2n) is 5.06. The molecule has 1 saturated heterocycles. The highest BCUT2D eigenvalue weighted by Gasteiger charge is 2.34. The minimum atomic E-state index is -0.812. The zero-order valence-electron chi connectivity index (χ0n) is 11.2. The third-order valence-corrected chi connectivity index (χ3v) is 3.96. The molecular formula is C12H16N6O2. The number of hydrogen-bond acceptors (Lipinski definition) is 6. The van der Waals surface area contributed by atoms with Gasteiger partial charge in [0.1, 0.15) is 6.04 Å². The standard InChI is InChI=1S/C12H16N6O2/c1-2-8-3-4-17(9(5-8)12(19)20)11-7-13-6-10-14-15-16-18(10)11/h6-9H,2-5H2,1H3,(H,19,20). The van der Waals surface area contributed by atoms with Gasteiger partial charge in [-0.3, -0.25) is 4.98 Å². The van der Waals surface area contributed by atoms with Crippen LogP contribution in [0.3, 0.4) is 0 Å². The fourth-order valence-corrected chi connectivity index (χ4v) is 2.78. The van der Waals surface area contributed by atoms with E-state index in [-0.39, 0.29) is 0 Å². The molecule has 0 aromatic carbocycles. The zero-order chi connectivity index (χ0) is 14.1. The van der Waals surface area contributed by atoms with Gasteiger partial charge in [0, 0.05) is 6.54 Å². The lowest BCUT2D eigenvalue weighted by molar-refractivity contribution is -0.139. The molecule has 0 bridgehead atoms. The van der Waals surface area contributed by atoms with E-state index < -0.39 is 12.0 Å². The van der Waals surface area contributed by atoms with Crippen molar-refractivity contribution in [3.05, 3.63) is 12.4 Å². The summed E-state index contributed by atoms with van der Waals surface area (Å²) in [5.74, 6) is 0.274. The fraction of sp³-hybridized carbons (Fsp3) is 0.583. The third-order valence-electron chi connectivity index (χ3n) is 3.96. The van der Waals surface area contributed by atoms with Crippen molar-refractivity contribution in [2.45, 2.75) is 32.2 Å². The molecule has 3 heterocycles. The predicted molar refractivity (Wildman–Crippen MR) is 70.4 cm³/mol. The van der Waals surface area contributed by atoms with Gasteiger partial charge in [0.25, 0.3) is 0 Å². The monoisotopic (exact) mass is 276 g/mol. The Bertz CT molecular complexity index is 627. The van der Waals surface area contributed by atoms with E-state index >= 15 is 0 Å². The number of tetrazole rings is 1. The SMILES string of the molecule is CCC1CCN(c2cncc3nnnn23)C(C(=O)O)C1. The minimum Gasteiger partial charge on any atom is -0.480 e. The Morgan fingerprint density at radius 3 is 3.10 bits per heavy atom. The van der Waals surface area contributed by atoms with Gasteiger partial charge in [0.05, 0.1) is 12.4 Å². The molecule has 2 unspecified atom stereocenters. The van der Waals surface area contributed by atoms with Crippen LogP contribution >= 0.6 is 0 Å². The number of nitrogens with zero attached hydrogens (tertiary/aromatic N) is 6.